The van der Waals surface area contributed by atoms with E-state index in [1.54, 1.807) is 4.90 Å². The SMILES string of the molecule is CCC[C@H](NC(=O)c1cc(Cl)nc(-c2ccccc2)n1)C(=O)N1CCN(CCCCC(=O)O)CC1. The van der Waals surface area contributed by atoms with Crippen LogP contribution < -0.4 is 5.32 Å². The van der Waals surface area contributed by atoms with E-state index in [0.717, 1.165) is 38.0 Å². The van der Waals surface area contributed by atoms with Gasteiger partial charge in [0.15, 0.2) is 5.82 Å². The van der Waals surface area contributed by atoms with Crippen LogP contribution in [0.15, 0.2) is 36.4 Å². The molecule has 0 aliphatic carbocycles. The van der Waals surface area contributed by atoms with Crippen molar-refractivity contribution in [3.63, 3.8) is 0 Å². The molecule has 0 saturated carbocycles. The van der Waals surface area contributed by atoms with Gasteiger partial charge in [0.25, 0.3) is 5.91 Å². The van der Waals surface area contributed by atoms with E-state index in [9.17, 15) is 14.4 Å². The van der Waals surface area contributed by atoms with Crippen LogP contribution in [-0.4, -0.2) is 81.4 Å². The van der Waals surface area contributed by atoms with Crippen molar-refractivity contribution in [3.8, 4) is 11.4 Å². The minimum absolute atomic E-state index is 0.103. The third-order valence-electron chi connectivity index (χ3n) is 5.94. The number of carboxylic acids is 1. The number of halogens is 1. The van der Waals surface area contributed by atoms with Crippen molar-refractivity contribution >= 4 is 29.4 Å². The van der Waals surface area contributed by atoms with E-state index >= 15 is 0 Å². The van der Waals surface area contributed by atoms with E-state index < -0.39 is 17.9 Å². The van der Waals surface area contributed by atoms with E-state index in [0.29, 0.717) is 31.8 Å². The number of benzene rings is 1. The Morgan fingerprint density at radius 1 is 1.09 bits per heavy atom. The Labute approximate surface area is 210 Å². The maximum Gasteiger partial charge on any atom is 0.303 e. The number of hydrogen-bond acceptors (Lipinski definition) is 6. The zero-order valence-electron chi connectivity index (χ0n) is 20.0. The van der Waals surface area contributed by atoms with Crippen LogP contribution in [0.3, 0.4) is 0 Å². The second-order valence-electron chi connectivity index (χ2n) is 8.60. The van der Waals surface area contributed by atoms with Crippen LogP contribution in [0.5, 0.6) is 0 Å². The molecule has 2 N–H and O–H groups in total. The van der Waals surface area contributed by atoms with Gasteiger partial charge in [-0.1, -0.05) is 55.3 Å². The largest absolute Gasteiger partial charge is 0.481 e. The summed E-state index contributed by atoms with van der Waals surface area (Å²) >= 11 is 6.16. The van der Waals surface area contributed by atoms with Gasteiger partial charge in [0.2, 0.25) is 5.91 Å². The lowest BCUT2D eigenvalue weighted by atomic mass is 10.1. The molecular weight excluding hydrogens is 470 g/mol. The Morgan fingerprint density at radius 3 is 2.46 bits per heavy atom. The van der Waals surface area contributed by atoms with Crippen LogP contribution in [0.4, 0.5) is 0 Å². The molecule has 2 heterocycles. The highest BCUT2D eigenvalue weighted by Gasteiger charge is 2.29. The average Bonchev–Trinajstić information content (AvgIpc) is 2.86. The van der Waals surface area contributed by atoms with Crippen molar-refractivity contribution in [2.75, 3.05) is 32.7 Å². The molecule has 3 rings (SSSR count). The number of nitrogens with zero attached hydrogens (tertiary/aromatic N) is 4. The number of aliphatic carboxylic acids is 1. The fraction of sp³-hybridized carbons (Fsp3) is 0.480. The molecule has 1 atom stereocenters. The summed E-state index contributed by atoms with van der Waals surface area (Å²) < 4.78 is 0. The third-order valence-corrected chi connectivity index (χ3v) is 6.13. The summed E-state index contributed by atoms with van der Waals surface area (Å²) in [7, 11) is 0. The molecule has 2 amide bonds. The quantitative estimate of drug-likeness (QED) is 0.359. The Bertz CT molecular complexity index is 1010. The number of unbranched alkanes of at least 4 members (excludes halogenated alkanes) is 1. The first-order valence-electron chi connectivity index (χ1n) is 12.0. The summed E-state index contributed by atoms with van der Waals surface area (Å²) in [6.45, 7) is 5.40. The first-order valence-corrected chi connectivity index (χ1v) is 12.4. The van der Waals surface area contributed by atoms with Gasteiger partial charge in [-0.3, -0.25) is 19.3 Å². The first-order chi connectivity index (χ1) is 16.9. The second kappa shape index (κ2) is 13.2. The number of carbonyl (C=O) groups excluding carboxylic acids is 2. The Balaban J connectivity index is 1.59. The Hall–Kier alpha value is -3.04. The van der Waals surface area contributed by atoms with Gasteiger partial charge in [0.1, 0.15) is 16.9 Å². The fourth-order valence-electron chi connectivity index (χ4n) is 4.05. The molecule has 188 valence electrons. The highest BCUT2D eigenvalue weighted by Crippen LogP contribution is 2.18. The average molecular weight is 502 g/mol. The van der Waals surface area contributed by atoms with Gasteiger partial charge < -0.3 is 15.3 Å². The number of carboxylic acid groups (broad SMARTS) is 1. The number of piperazine rings is 1. The number of hydrogen-bond donors (Lipinski definition) is 2. The topological polar surface area (TPSA) is 116 Å². The third kappa shape index (κ3) is 8.00. The number of amides is 2. The van der Waals surface area contributed by atoms with Crippen LogP contribution in [-0.2, 0) is 9.59 Å². The molecule has 2 aromatic rings. The van der Waals surface area contributed by atoms with Gasteiger partial charge in [0.05, 0.1) is 0 Å². The van der Waals surface area contributed by atoms with E-state index in [2.05, 4.69) is 20.2 Å². The van der Waals surface area contributed by atoms with Crippen LogP contribution in [0, 0.1) is 0 Å². The maximum atomic E-state index is 13.2. The molecule has 1 aliphatic rings. The van der Waals surface area contributed by atoms with Gasteiger partial charge in [0, 0.05) is 44.2 Å². The molecule has 9 nitrogen and oxygen atoms in total. The molecule has 0 bridgehead atoms. The summed E-state index contributed by atoms with van der Waals surface area (Å²) in [4.78, 5) is 49.5. The van der Waals surface area contributed by atoms with Crippen molar-refractivity contribution in [1.82, 2.24) is 25.1 Å². The first kappa shape index (κ1) is 26.6. The van der Waals surface area contributed by atoms with Crippen LogP contribution >= 0.6 is 11.6 Å². The highest BCUT2D eigenvalue weighted by molar-refractivity contribution is 6.29. The van der Waals surface area contributed by atoms with E-state index in [1.165, 1.54) is 6.07 Å². The minimum Gasteiger partial charge on any atom is -0.481 e. The molecule has 10 heteroatoms. The minimum atomic E-state index is -0.773. The van der Waals surface area contributed by atoms with E-state index in [1.807, 2.05) is 37.3 Å². The zero-order chi connectivity index (χ0) is 25.2. The van der Waals surface area contributed by atoms with Crippen molar-refractivity contribution < 1.29 is 19.5 Å². The maximum absolute atomic E-state index is 13.2. The summed E-state index contributed by atoms with van der Waals surface area (Å²) in [5.41, 5.74) is 0.856. The highest BCUT2D eigenvalue weighted by atomic mass is 35.5. The second-order valence-corrected chi connectivity index (χ2v) is 8.99. The molecule has 1 aliphatic heterocycles. The standard InChI is InChI=1S/C25H32ClN5O4/c1-2-8-19(25(35)31-15-13-30(14-16-31)12-7-6-11-22(32)33)28-24(34)20-17-21(26)29-23(27-20)18-9-4-3-5-10-18/h3-5,9-10,17,19H,2,6-8,11-16H2,1H3,(H,28,34)(H,32,33)/t19-/m0/s1. The number of aromatic nitrogens is 2. The lowest BCUT2D eigenvalue weighted by molar-refractivity contribution is -0.137. The molecule has 1 aromatic heterocycles. The van der Waals surface area contributed by atoms with Crippen molar-refractivity contribution in [1.29, 1.82) is 0 Å². The molecule has 1 aromatic carbocycles. The summed E-state index contributed by atoms with van der Waals surface area (Å²) in [5.74, 6) is -0.990. The zero-order valence-corrected chi connectivity index (χ0v) is 20.7. The lowest BCUT2D eigenvalue weighted by Gasteiger charge is -2.36. The fourth-order valence-corrected chi connectivity index (χ4v) is 4.24. The monoisotopic (exact) mass is 501 g/mol. The van der Waals surface area contributed by atoms with Crippen molar-refractivity contribution in [3.05, 3.63) is 47.2 Å². The molecule has 0 unspecified atom stereocenters. The summed E-state index contributed by atoms with van der Waals surface area (Å²) in [5, 5.41) is 11.8. The molecule has 1 saturated heterocycles. The van der Waals surface area contributed by atoms with Crippen LogP contribution in [0.1, 0.15) is 49.5 Å². The Morgan fingerprint density at radius 2 is 1.80 bits per heavy atom. The van der Waals surface area contributed by atoms with Gasteiger partial charge in [-0.2, -0.15) is 0 Å². The number of nitrogens with one attached hydrogen (secondary N) is 1. The smallest absolute Gasteiger partial charge is 0.303 e. The van der Waals surface area contributed by atoms with Gasteiger partial charge in [-0.15, -0.1) is 0 Å². The van der Waals surface area contributed by atoms with Gasteiger partial charge in [-0.05, 0) is 25.8 Å². The van der Waals surface area contributed by atoms with E-state index in [4.69, 9.17) is 16.7 Å². The molecule has 35 heavy (non-hydrogen) atoms. The molecule has 0 spiro atoms. The lowest BCUT2D eigenvalue weighted by Crippen LogP contribution is -2.55. The van der Waals surface area contributed by atoms with E-state index in [-0.39, 0.29) is 23.2 Å². The number of carbonyl (C=O) groups is 3. The Kier molecular flexibility index (Phi) is 9.98. The van der Waals surface area contributed by atoms with Crippen molar-refractivity contribution in [2.24, 2.45) is 0 Å². The van der Waals surface area contributed by atoms with Crippen molar-refractivity contribution in [2.45, 2.75) is 45.1 Å². The summed E-state index contributed by atoms with van der Waals surface area (Å²) in [6, 6.07) is 10.0. The molecule has 0 radical (unpaired) electrons. The molecule has 1 fully saturated rings. The summed E-state index contributed by atoms with van der Waals surface area (Å²) in [6.07, 6.45) is 2.91. The molecular formula is C25H32ClN5O4. The van der Waals surface area contributed by atoms with Crippen LogP contribution in [0.25, 0.3) is 11.4 Å². The van der Waals surface area contributed by atoms with Crippen LogP contribution in [0.2, 0.25) is 5.15 Å². The predicted octanol–water partition coefficient (Wildman–Crippen LogP) is 3.09. The number of rotatable bonds is 11. The van der Waals surface area contributed by atoms with Gasteiger partial charge >= 0.3 is 5.97 Å². The normalized spacial score (nSPS) is 15.0. The predicted molar refractivity (Wildman–Crippen MR) is 133 cm³/mol. The van der Waals surface area contributed by atoms with Gasteiger partial charge in [-0.25, -0.2) is 9.97 Å².